The van der Waals surface area contributed by atoms with E-state index in [-0.39, 0.29) is 17.9 Å². The van der Waals surface area contributed by atoms with Crippen LogP contribution in [-0.2, 0) is 11.2 Å². The summed E-state index contributed by atoms with van der Waals surface area (Å²) < 4.78 is 5.53. The molecule has 27 heavy (non-hydrogen) atoms. The smallest absolute Gasteiger partial charge is 0.228 e. The van der Waals surface area contributed by atoms with Gasteiger partial charge in [0.1, 0.15) is 5.76 Å². The van der Waals surface area contributed by atoms with Crippen LogP contribution in [0.4, 0.5) is 0 Å². The fourth-order valence-corrected chi connectivity index (χ4v) is 3.11. The van der Waals surface area contributed by atoms with Gasteiger partial charge in [0.15, 0.2) is 0 Å². The monoisotopic (exact) mass is 363 g/mol. The van der Waals surface area contributed by atoms with Crippen molar-refractivity contribution in [3.05, 3.63) is 90.1 Å². The molecule has 5 nitrogen and oxygen atoms in total. The van der Waals surface area contributed by atoms with E-state index in [1.807, 2.05) is 79.7 Å². The van der Waals surface area contributed by atoms with Gasteiger partial charge in [-0.15, -0.1) is 0 Å². The average Bonchev–Trinajstić information content (AvgIpc) is 3.22. The van der Waals surface area contributed by atoms with Gasteiger partial charge < -0.3 is 9.73 Å². The Morgan fingerprint density at radius 3 is 2.48 bits per heavy atom. The Morgan fingerprint density at radius 2 is 1.85 bits per heavy atom. The zero-order chi connectivity index (χ0) is 19.1. The van der Waals surface area contributed by atoms with Crippen LogP contribution in [0.15, 0.2) is 77.5 Å². The molecule has 2 aromatic heterocycles. The quantitative estimate of drug-likeness (QED) is 0.666. The fourth-order valence-electron chi connectivity index (χ4n) is 3.11. The van der Waals surface area contributed by atoms with Gasteiger partial charge in [-0.2, -0.15) is 0 Å². The topological polar surface area (TPSA) is 58.4 Å². The SMILES string of the molecule is CN(C)C(CNC(=O)C(Cc1ccccn1)c1ccccc1)c1ccco1. The van der Waals surface area contributed by atoms with E-state index < -0.39 is 0 Å². The molecule has 5 heteroatoms. The summed E-state index contributed by atoms with van der Waals surface area (Å²) in [6.07, 6.45) is 3.97. The molecule has 2 unspecified atom stereocenters. The van der Waals surface area contributed by atoms with E-state index in [0.717, 1.165) is 17.0 Å². The maximum Gasteiger partial charge on any atom is 0.228 e. The third kappa shape index (κ3) is 5.05. The highest BCUT2D eigenvalue weighted by atomic mass is 16.3. The van der Waals surface area contributed by atoms with E-state index in [1.54, 1.807) is 12.5 Å². The van der Waals surface area contributed by atoms with Crippen LogP contribution in [0.5, 0.6) is 0 Å². The van der Waals surface area contributed by atoms with Crippen LogP contribution >= 0.6 is 0 Å². The van der Waals surface area contributed by atoms with Gasteiger partial charge >= 0.3 is 0 Å². The maximum absolute atomic E-state index is 13.1. The van der Waals surface area contributed by atoms with Crippen molar-refractivity contribution in [2.24, 2.45) is 0 Å². The number of benzene rings is 1. The molecule has 2 heterocycles. The van der Waals surface area contributed by atoms with Crippen molar-refractivity contribution in [3.63, 3.8) is 0 Å². The predicted octanol–water partition coefficient (Wildman–Crippen LogP) is 3.42. The minimum absolute atomic E-state index is 0.00902. The van der Waals surface area contributed by atoms with Crippen molar-refractivity contribution in [3.8, 4) is 0 Å². The molecule has 0 saturated carbocycles. The summed E-state index contributed by atoms with van der Waals surface area (Å²) >= 11 is 0. The lowest BCUT2D eigenvalue weighted by Crippen LogP contribution is -2.37. The van der Waals surface area contributed by atoms with Crippen molar-refractivity contribution in [2.75, 3.05) is 20.6 Å². The molecule has 140 valence electrons. The van der Waals surface area contributed by atoms with Crippen LogP contribution in [0.3, 0.4) is 0 Å². The van der Waals surface area contributed by atoms with Gasteiger partial charge in [0.05, 0.1) is 18.2 Å². The van der Waals surface area contributed by atoms with Gasteiger partial charge in [0.25, 0.3) is 0 Å². The standard InChI is InChI=1S/C22H25N3O2/c1-25(2)20(21-12-8-14-27-21)16-24-22(26)19(17-9-4-3-5-10-17)15-18-11-6-7-13-23-18/h3-14,19-20H,15-16H2,1-2H3,(H,24,26). The fraction of sp³-hybridized carbons (Fsp3) is 0.273. The summed E-state index contributed by atoms with van der Waals surface area (Å²) in [7, 11) is 3.95. The van der Waals surface area contributed by atoms with Gasteiger partial charge in [-0.05, 0) is 43.9 Å². The number of carbonyl (C=O) groups is 1. The Balaban J connectivity index is 1.74. The van der Waals surface area contributed by atoms with E-state index in [9.17, 15) is 4.79 Å². The van der Waals surface area contributed by atoms with Crippen LogP contribution in [0.25, 0.3) is 0 Å². The molecular weight excluding hydrogens is 338 g/mol. The number of likely N-dealkylation sites (N-methyl/N-ethyl adjacent to an activating group) is 1. The zero-order valence-electron chi connectivity index (χ0n) is 15.7. The molecule has 0 bridgehead atoms. The van der Waals surface area contributed by atoms with Crippen LogP contribution in [0.2, 0.25) is 0 Å². The van der Waals surface area contributed by atoms with Crippen molar-refractivity contribution >= 4 is 5.91 Å². The van der Waals surface area contributed by atoms with Crippen LogP contribution < -0.4 is 5.32 Å². The van der Waals surface area contributed by atoms with Crippen molar-refractivity contribution < 1.29 is 9.21 Å². The summed E-state index contributed by atoms with van der Waals surface area (Å²) in [6.45, 7) is 0.477. The lowest BCUT2D eigenvalue weighted by atomic mass is 9.93. The molecule has 0 aliphatic carbocycles. The third-order valence-electron chi connectivity index (χ3n) is 4.62. The normalized spacial score (nSPS) is 13.3. The van der Waals surface area contributed by atoms with Gasteiger partial charge in [-0.3, -0.25) is 14.7 Å². The first-order valence-corrected chi connectivity index (χ1v) is 9.07. The van der Waals surface area contributed by atoms with E-state index in [4.69, 9.17) is 4.42 Å². The molecule has 2 atom stereocenters. The molecule has 0 aliphatic rings. The van der Waals surface area contributed by atoms with E-state index in [2.05, 4.69) is 10.3 Å². The molecular formula is C22H25N3O2. The molecule has 3 rings (SSSR count). The number of amides is 1. The molecule has 0 spiro atoms. The second-order valence-corrected chi connectivity index (χ2v) is 6.73. The summed E-state index contributed by atoms with van der Waals surface area (Å²) in [5.74, 6) is 0.534. The highest BCUT2D eigenvalue weighted by Crippen LogP contribution is 2.22. The Labute approximate surface area is 160 Å². The lowest BCUT2D eigenvalue weighted by Gasteiger charge is -2.24. The number of carbonyl (C=O) groups excluding carboxylic acids is 1. The van der Waals surface area contributed by atoms with E-state index >= 15 is 0 Å². The van der Waals surface area contributed by atoms with Crippen molar-refractivity contribution in [1.29, 1.82) is 0 Å². The van der Waals surface area contributed by atoms with Crippen LogP contribution in [0.1, 0.15) is 29.0 Å². The largest absolute Gasteiger partial charge is 0.468 e. The molecule has 1 N–H and O–H groups in total. The molecule has 3 aromatic rings. The van der Waals surface area contributed by atoms with Gasteiger partial charge in [-0.1, -0.05) is 36.4 Å². The second-order valence-electron chi connectivity index (χ2n) is 6.73. The van der Waals surface area contributed by atoms with E-state index in [1.165, 1.54) is 0 Å². The second kappa shape index (κ2) is 9.14. The minimum Gasteiger partial charge on any atom is -0.468 e. The first kappa shape index (κ1) is 18.9. The number of nitrogens with one attached hydrogen (secondary N) is 1. The van der Waals surface area contributed by atoms with Crippen LogP contribution in [0, 0.1) is 0 Å². The Kier molecular flexibility index (Phi) is 6.39. The maximum atomic E-state index is 13.1. The number of pyridine rings is 1. The summed E-state index contributed by atoms with van der Waals surface area (Å²) in [6, 6.07) is 19.4. The Hall–Kier alpha value is -2.92. The molecule has 0 saturated heterocycles. The number of aromatic nitrogens is 1. The lowest BCUT2D eigenvalue weighted by molar-refractivity contribution is -0.122. The first-order chi connectivity index (χ1) is 13.1. The average molecular weight is 363 g/mol. The summed E-state index contributed by atoms with van der Waals surface area (Å²) in [4.78, 5) is 19.5. The Bertz CT molecular complexity index is 817. The Morgan fingerprint density at radius 1 is 1.07 bits per heavy atom. The third-order valence-corrected chi connectivity index (χ3v) is 4.62. The number of hydrogen-bond donors (Lipinski definition) is 1. The molecule has 0 fully saturated rings. The highest BCUT2D eigenvalue weighted by Gasteiger charge is 2.24. The highest BCUT2D eigenvalue weighted by molar-refractivity contribution is 5.84. The summed E-state index contributed by atoms with van der Waals surface area (Å²) in [5.41, 5.74) is 1.89. The van der Waals surface area contributed by atoms with E-state index in [0.29, 0.717) is 13.0 Å². The minimum atomic E-state index is -0.291. The van der Waals surface area contributed by atoms with Gasteiger partial charge in [-0.25, -0.2) is 0 Å². The zero-order valence-corrected chi connectivity index (χ0v) is 15.7. The number of furan rings is 1. The van der Waals surface area contributed by atoms with Gasteiger partial charge in [0.2, 0.25) is 5.91 Å². The van der Waals surface area contributed by atoms with Gasteiger partial charge in [0, 0.05) is 24.9 Å². The van der Waals surface area contributed by atoms with Crippen molar-refractivity contribution in [2.45, 2.75) is 18.4 Å². The molecule has 0 radical (unpaired) electrons. The molecule has 1 amide bonds. The number of hydrogen-bond acceptors (Lipinski definition) is 4. The molecule has 1 aromatic carbocycles. The summed E-state index contributed by atoms with van der Waals surface area (Å²) in [5, 5.41) is 3.10. The van der Waals surface area contributed by atoms with Crippen LogP contribution in [-0.4, -0.2) is 36.4 Å². The molecule has 0 aliphatic heterocycles. The predicted molar refractivity (Wildman–Crippen MR) is 105 cm³/mol. The first-order valence-electron chi connectivity index (χ1n) is 9.07. The number of rotatable bonds is 8. The number of nitrogens with zero attached hydrogens (tertiary/aromatic N) is 2. The van der Waals surface area contributed by atoms with Crippen molar-refractivity contribution in [1.82, 2.24) is 15.2 Å².